The molecule has 0 amide bonds. The van der Waals surface area contributed by atoms with Crippen LogP contribution in [0.4, 0.5) is 0 Å². The normalized spacial score (nSPS) is 14.6. The molecule has 2 atom stereocenters. The average molecular weight is 380 g/mol. The van der Waals surface area contributed by atoms with Gasteiger partial charge in [0.25, 0.3) is 0 Å². The molecule has 5 nitrogen and oxygen atoms in total. The van der Waals surface area contributed by atoms with Crippen molar-refractivity contribution >= 4 is 25.8 Å². The minimum Gasteiger partial charge on any atom is -0.496 e. The van der Waals surface area contributed by atoms with E-state index in [0.29, 0.717) is 18.0 Å². The van der Waals surface area contributed by atoms with E-state index in [1.54, 1.807) is 33.3 Å². The molecule has 1 aromatic carbocycles. The molecule has 0 heterocycles. The van der Waals surface area contributed by atoms with Gasteiger partial charge in [-0.05, 0) is 41.5 Å². The van der Waals surface area contributed by atoms with Crippen LogP contribution in [-0.2, 0) is 9.84 Å². The fourth-order valence-corrected chi connectivity index (χ4v) is 3.34. The van der Waals surface area contributed by atoms with Crippen LogP contribution in [-0.4, -0.2) is 40.7 Å². The fourth-order valence-electron chi connectivity index (χ4n) is 2.12. The van der Waals surface area contributed by atoms with Gasteiger partial charge >= 0.3 is 0 Å². The third-order valence-corrected chi connectivity index (χ3v) is 5.65. The largest absolute Gasteiger partial charge is 0.496 e. The van der Waals surface area contributed by atoms with E-state index in [-0.39, 0.29) is 6.04 Å². The number of methoxy groups -OCH3 is 2. The van der Waals surface area contributed by atoms with E-state index in [2.05, 4.69) is 21.2 Å². The first-order chi connectivity index (χ1) is 9.76. The van der Waals surface area contributed by atoms with Crippen LogP contribution < -0.4 is 14.8 Å². The van der Waals surface area contributed by atoms with Crippen molar-refractivity contribution in [2.45, 2.75) is 25.1 Å². The van der Waals surface area contributed by atoms with Crippen LogP contribution in [0.3, 0.4) is 0 Å². The van der Waals surface area contributed by atoms with Crippen molar-refractivity contribution in [3.05, 3.63) is 22.2 Å². The molecule has 2 unspecified atom stereocenters. The third-order valence-electron chi connectivity index (χ3n) is 3.41. The number of benzene rings is 1. The number of halogens is 1. The molecule has 0 fully saturated rings. The van der Waals surface area contributed by atoms with Gasteiger partial charge in [-0.3, -0.25) is 0 Å². The van der Waals surface area contributed by atoms with Crippen LogP contribution in [0.25, 0.3) is 0 Å². The smallest absolute Gasteiger partial charge is 0.151 e. The molecular formula is C14H22BrNO4S. The Morgan fingerprint density at radius 3 is 2.24 bits per heavy atom. The van der Waals surface area contributed by atoms with Gasteiger partial charge in [0, 0.05) is 11.8 Å². The Hall–Kier alpha value is -0.790. The SMILES string of the molecule is CCNC(c1cc(OC)c(Br)cc1OC)C(C)S(C)(=O)=O. The van der Waals surface area contributed by atoms with Crippen LogP contribution in [0.2, 0.25) is 0 Å². The van der Waals surface area contributed by atoms with Gasteiger partial charge in [-0.2, -0.15) is 0 Å². The zero-order valence-corrected chi connectivity index (χ0v) is 15.3. The highest BCUT2D eigenvalue weighted by molar-refractivity contribution is 9.10. The van der Waals surface area contributed by atoms with E-state index in [1.807, 2.05) is 6.92 Å². The molecule has 0 bridgehead atoms. The lowest BCUT2D eigenvalue weighted by Gasteiger charge is -2.26. The monoisotopic (exact) mass is 379 g/mol. The van der Waals surface area contributed by atoms with E-state index in [1.165, 1.54) is 6.26 Å². The predicted molar refractivity (Wildman–Crippen MR) is 88.0 cm³/mol. The maximum Gasteiger partial charge on any atom is 0.151 e. The summed E-state index contributed by atoms with van der Waals surface area (Å²) in [6.07, 6.45) is 1.24. The first-order valence-corrected chi connectivity index (χ1v) is 9.34. The summed E-state index contributed by atoms with van der Waals surface area (Å²) >= 11 is 3.40. The van der Waals surface area contributed by atoms with E-state index >= 15 is 0 Å². The first kappa shape index (κ1) is 18.3. The second-order valence-corrected chi connectivity index (χ2v) is 8.06. The van der Waals surface area contributed by atoms with E-state index in [9.17, 15) is 8.42 Å². The lowest BCUT2D eigenvalue weighted by atomic mass is 10.0. The number of hydrogen-bond donors (Lipinski definition) is 1. The van der Waals surface area contributed by atoms with Crippen molar-refractivity contribution < 1.29 is 17.9 Å². The van der Waals surface area contributed by atoms with Crippen LogP contribution in [0.5, 0.6) is 11.5 Å². The second kappa shape index (κ2) is 7.47. The van der Waals surface area contributed by atoms with Crippen LogP contribution in [0.1, 0.15) is 25.5 Å². The van der Waals surface area contributed by atoms with Crippen molar-refractivity contribution in [1.82, 2.24) is 5.32 Å². The van der Waals surface area contributed by atoms with Crippen LogP contribution >= 0.6 is 15.9 Å². The van der Waals surface area contributed by atoms with Crippen molar-refractivity contribution in [1.29, 1.82) is 0 Å². The highest BCUT2D eigenvalue weighted by Gasteiger charge is 2.29. The van der Waals surface area contributed by atoms with Gasteiger partial charge in [-0.25, -0.2) is 8.42 Å². The Morgan fingerprint density at radius 1 is 1.24 bits per heavy atom. The molecule has 0 radical (unpaired) electrons. The molecule has 0 aliphatic rings. The molecule has 120 valence electrons. The minimum atomic E-state index is -3.20. The summed E-state index contributed by atoms with van der Waals surface area (Å²) in [5.74, 6) is 1.25. The lowest BCUT2D eigenvalue weighted by Crippen LogP contribution is -2.35. The Balaban J connectivity index is 3.43. The number of ether oxygens (including phenoxy) is 2. The zero-order valence-electron chi connectivity index (χ0n) is 12.9. The second-order valence-electron chi connectivity index (χ2n) is 4.80. The summed E-state index contributed by atoms with van der Waals surface area (Å²) < 4.78 is 35.3. The lowest BCUT2D eigenvalue weighted by molar-refractivity contribution is 0.386. The summed E-state index contributed by atoms with van der Waals surface area (Å²) in [6, 6.07) is 3.22. The fraction of sp³-hybridized carbons (Fsp3) is 0.571. The van der Waals surface area contributed by atoms with E-state index < -0.39 is 15.1 Å². The molecule has 0 saturated carbocycles. The summed E-state index contributed by atoms with van der Waals surface area (Å²) in [4.78, 5) is 0. The van der Waals surface area contributed by atoms with Crippen LogP contribution in [0.15, 0.2) is 16.6 Å². The molecule has 21 heavy (non-hydrogen) atoms. The van der Waals surface area contributed by atoms with E-state index in [0.717, 1.165) is 10.0 Å². The maximum absolute atomic E-state index is 11.9. The first-order valence-electron chi connectivity index (χ1n) is 6.59. The number of rotatable bonds is 7. The van der Waals surface area contributed by atoms with Crippen molar-refractivity contribution in [2.75, 3.05) is 27.0 Å². The molecule has 1 N–H and O–H groups in total. The molecule has 0 aliphatic heterocycles. The highest BCUT2D eigenvalue weighted by atomic mass is 79.9. The maximum atomic E-state index is 11.9. The molecule has 1 rings (SSSR count). The van der Waals surface area contributed by atoms with Crippen molar-refractivity contribution in [3.63, 3.8) is 0 Å². The van der Waals surface area contributed by atoms with Gasteiger partial charge in [0.2, 0.25) is 0 Å². The van der Waals surface area contributed by atoms with Gasteiger partial charge in [-0.15, -0.1) is 0 Å². The predicted octanol–water partition coefficient (Wildman–Crippen LogP) is 2.55. The van der Waals surface area contributed by atoms with Crippen molar-refractivity contribution in [3.8, 4) is 11.5 Å². The standard InChI is InChI=1S/C14H22BrNO4S/c1-6-16-14(9(2)21(5,17)18)10-7-13(20-4)11(15)8-12(10)19-3/h7-9,14,16H,6H2,1-5H3. The molecule has 0 saturated heterocycles. The molecule has 0 aromatic heterocycles. The summed E-state index contributed by atoms with van der Waals surface area (Å²) in [6.45, 7) is 4.27. The number of hydrogen-bond acceptors (Lipinski definition) is 5. The Morgan fingerprint density at radius 2 is 1.81 bits per heavy atom. The third kappa shape index (κ3) is 4.34. The highest BCUT2D eigenvalue weighted by Crippen LogP contribution is 2.37. The van der Waals surface area contributed by atoms with Gasteiger partial charge in [0.1, 0.15) is 11.5 Å². The van der Waals surface area contributed by atoms with E-state index in [4.69, 9.17) is 9.47 Å². The Kier molecular flexibility index (Phi) is 6.49. The van der Waals surface area contributed by atoms with Crippen molar-refractivity contribution in [2.24, 2.45) is 0 Å². The quantitative estimate of drug-likeness (QED) is 0.788. The molecule has 0 aliphatic carbocycles. The molecule has 0 spiro atoms. The number of sulfone groups is 1. The molecular weight excluding hydrogens is 358 g/mol. The van der Waals surface area contributed by atoms with Gasteiger partial charge in [-0.1, -0.05) is 6.92 Å². The zero-order chi connectivity index (χ0) is 16.2. The summed E-state index contributed by atoms with van der Waals surface area (Å²) in [7, 11) is -0.0682. The number of nitrogens with one attached hydrogen (secondary N) is 1. The van der Waals surface area contributed by atoms with Gasteiger partial charge < -0.3 is 14.8 Å². The summed E-state index contributed by atoms with van der Waals surface area (Å²) in [5, 5.41) is 2.63. The molecule has 7 heteroatoms. The van der Waals surface area contributed by atoms with Gasteiger partial charge in [0.15, 0.2) is 9.84 Å². The Bertz CT molecular complexity index is 589. The molecule has 1 aromatic rings. The topological polar surface area (TPSA) is 64.6 Å². The van der Waals surface area contributed by atoms with Crippen LogP contribution in [0, 0.1) is 0 Å². The van der Waals surface area contributed by atoms with Gasteiger partial charge in [0.05, 0.1) is 30.0 Å². The minimum absolute atomic E-state index is 0.373. The Labute approximate surface area is 135 Å². The average Bonchev–Trinajstić information content (AvgIpc) is 2.43. The summed E-state index contributed by atoms with van der Waals surface area (Å²) in [5.41, 5.74) is 0.761.